The van der Waals surface area contributed by atoms with Crippen LogP contribution in [-0.2, 0) is 9.53 Å². The zero-order valence-electron chi connectivity index (χ0n) is 10.0. The van der Waals surface area contributed by atoms with Crippen molar-refractivity contribution in [3.63, 3.8) is 0 Å². The quantitative estimate of drug-likeness (QED) is 0.728. The number of ether oxygens (including phenoxy) is 1. The second-order valence-corrected chi connectivity index (χ2v) is 5.78. The smallest absolute Gasteiger partial charge is 0.225 e. The van der Waals surface area contributed by atoms with Gasteiger partial charge in [0, 0.05) is 26.1 Å². The van der Waals surface area contributed by atoms with Crippen LogP contribution in [0, 0.1) is 17.8 Å². The maximum atomic E-state index is 12.2. The average Bonchev–Trinajstić information content (AvgIpc) is 2.72. The second-order valence-electron chi connectivity index (χ2n) is 5.78. The highest BCUT2D eigenvalue weighted by Crippen LogP contribution is 2.54. The fourth-order valence-electron chi connectivity index (χ4n) is 3.41. The third kappa shape index (κ3) is 1.97. The summed E-state index contributed by atoms with van der Waals surface area (Å²) in [5, 5.41) is 0. The number of hydrogen-bond acceptors (Lipinski definition) is 2. The van der Waals surface area contributed by atoms with Gasteiger partial charge in [-0.2, -0.15) is 0 Å². The Bertz CT molecular complexity index is 276. The van der Waals surface area contributed by atoms with Crippen LogP contribution in [0.3, 0.4) is 0 Å². The maximum Gasteiger partial charge on any atom is 0.225 e. The van der Waals surface area contributed by atoms with E-state index in [0.29, 0.717) is 17.9 Å². The van der Waals surface area contributed by atoms with Crippen molar-refractivity contribution in [1.29, 1.82) is 0 Å². The number of nitrogens with zero attached hydrogens (tertiary/aromatic N) is 1. The van der Waals surface area contributed by atoms with Crippen molar-refractivity contribution in [1.82, 2.24) is 4.90 Å². The SMILES string of the molecule is CN(CC1CCCO1)C(=O)C1CC2CC2C1. The Hall–Kier alpha value is -0.570. The van der Waals surface area contributed by atoms with Crippen molar-refractivity contribution in [3.8, 4) is 0 Å². The number of hydrogen-bond donors (Lipinski definition) is 0. The molecule has 1 saturated heterocycles. The van der Waals surface area contributed by atoms with E-state index >= 15 is 0 Å². The summed E-state index contributed by atoms with van der Waals surface area (Å²) in [6, 6.07) is 0. The minimum atomic E-state index is 0.296. The van der Waals surface area contributed by atoms with E-state index in [9.17, 15) is 4.79 Å². The van der Waals surface area contributed by atoms with E-state index < -0.39 is 0 Å². The van der Waals surface area contributed by atoms with E-state index in [1.807, 2.05) is 11.9 Å². The summed E-state index contributed by atoms with van der Waals surface area (Å²) in [4.78, 5) is 14.1. The second kappa shape index (κ2) is 4.02. The van der Waals surface area contributed by atoms with Gasteiger partial charge in [0.2, 0.25) is 5.91 Å². The summed E-state index contributed by atoms with van der Waals surface area (Å²) in [7, 11) is 1.94. The molecule has 0 spiro atoms. The average molecular weight is 223 g/mol. The van der Waals surface area contributed by atoms with Crippen LogP contribution in [0.25, 0.3) is 0 Å². The molecule has 3 aliphatic rings. The molecule has 3 nitrogen and oxygen atoms in total. The van der Waals surface area contributed by atoms with E-state index in [2.05, 4.69) is 0 Å². The molecule has 0 aromatic rings. The fraction of sp³-hybridized carbons (Fsp3) is 0.923. The van der Waals surface area contributed by atoms with Crippen LogP contribution in [-0.4, -0.2) is 37.1 Å². The van der Waals surface area contributed by atoms with Gasteiger partial charge in [0.05, 0.1) is 6.10 Å². The molecular formula is C13H21NO2. The Morgan fingerprint density at radius 1 is 1.31 bits per heavy atom. The Morgan fingerprint density at radius 2 is 2.06 bits per heavy atom. The normalized spacial score (nSPS) is 40.8. The van der Waals surface area contributed by atoms with E-state index in [-0.39, 0.29) is 0 Å². The van der Waals surface area contributed by atoms with Crippen LogP contribution < -0.4 is 0 Å². The van der Waals surface area contributed by atoms with E-state index in [4.69, 9.17) is 4.74 Å². The molecule has 1 amide bonds. The van der Waals surface area contributed by atoms with E-state index in [0.717, 1.165) is 50.7 Å². The first-order valence-corrected chi connectivity index (χ1v) is 6.60. The van der Waals surface area contributed by atoms with Crippen molar-refractivity contribution >= 4 is 5.91 Å². The highest BCUT2D eigenvalue weighted by molar-refractivity contribution is 5.79. The molecule has 0 aromatic carbocycles. The summed E-state index contributed by atoms with van der Waals surface area (Å²) in [6.07, 6.45) is 6.26. The van der Waals surface area contributed by atoms with Gasteiger partial charge in [-0.1, -0.05) is 0 Å². The number of amides is 1. The molecular weight excluding hydrogens is 202 g/mol. The van der Waals surface area contributed by atoms with Crippen LogP contribution in [0.1, 0.15) is 32.1 Å². The molecule has 2 aliphatic carbocycles. The van der Waals surface area contributed by atoms with Gasteiger partial charge in [-0.3, -0.25) is 4.79 Å². The molecule has 0 radical (unpaired) electrons. The monoisotopic (exact) mass is 223 g/mol. The summed E-state index contributed by atoms with van der Waals surface area (Å²) >= 11 is 0. The Balaban J connectivity index is 1.49. The largest absolute Gasteiger partial charge is 0.376 e. The minimum absolute atomic E-state index is 0.296. The van der Waals surface area contributed by atoms with Crippen LogP contribution >= 0.6 is 0 Å². The lowest BCUT2D eigenvalue weighted by Gasteiger charge is -2.24. The molecule has 0 N–H and O–H groups in total. The van der Waals surface area contributed by atoms with Gasteiger partial charge >= 0.3 is 0 Å². The van der Waals surface area contributed by atoms with E-state index in [1.54, 1.807) is 0 Å². The topological polar surface area (TPSA) is 29.5 Å². The minimum Gasteiger partial charge on any atom is -0.376 e. The molecule has 1 heterocycles. The Labute approximate surface area is 97.1 Å². The first-order chi connectivity index (χ1) is 7.74. The van der Waals surface area contributed by atoms with Gasteiger partial charge in [0.25, 0.3) is 0 Å². The van der Waals surface area contributed by atoms with Crippen LogP contribution in [0.2, 0.25) is 0 Å². The number of fused-ring (bicyclic) bond motifs is 1. The van der Waals surface area contributed by atoms with Crippen LogP contribution in [0.5, 0.6) is 0 Å². The standard InChI is InChI=1S/C13H21NO2/c1-14(8-12-3-2-4-16-12)13(15)11-6-9-5-10(9)7-11/h9-12H,2-8H2,1H3. The fourth-order valence-corrected chi connectivity index (χ4v) is 3.41. The van der Waals surface area contributed by atoms with Gasteiger partial charge < -0.3 is 9.64 Å². The highest BCUT2D eigenvalue weighted by Gasteiger charge is 2.48. The molecule has 3 heteroatoms. The summed E-state index contributed by atoms with van der Waals surface area (Å²) < 4.78 is 5.57. The number of carbonyl (C=O) groups is 1. The summed E-state index contributed by atoms with van der Waals surface area (Å²) in [6.45, 7) is 1.67. The molecule has 3 rings (SSSR count). The van der Waals surface area contributed by atoms with Crippen molar-refractivity contribution < 1.29 is 9.53 Å². The molecule has 16 heavy (non-hydrogen) atoms. The molecule has 3 atom stereocenters. The molecule has 2 saturated carbocycles. The third-order valence-electron chi connectivity index (χ3n) is 4.47. The number of rotatable bonds is 3. The predicted molar refractivity (Wildman–Crippen MR) is 60.9 cm³/mol. The summed E-state index contributed by atoms with van der Waals surface area (Å²) in [5.41, 5.74) is 0. The third-order valence-corrected chi connectivity index (χ3v) is 4.47. The van der Waals surface area contributed by atoms with Gasteiger partial charge in [-0.25, -0.2) is 0 Å². The van der Waals surface area contributed by atoms with Gasteiger partial charge in [-0.05, 0) is 43.9 Å². The number of likely N-dealkylation sites (N-methyl/N-ethyl adjacent to an activating group) is 1. The first kappa shape index (κ1) is 10.6. The molecule has 0 bridgehead atoms. The molecule has 0 aromatic heterocycles. The molecule has 3 fully saturated rings. The van der Waals surface area contributed by atoms with Crippen molar-refractivity contribution in [3.05, 3.63) is 0 Å². The van der Waals surface area contributed by atoms with E-state index in [1.165, 1.54) is 6.42 Å². The van der Waals surface area contributed by atoms with Crippen molar-refractivity contribution in [2.45, 2.75) is 38.2 Å². The first-order valence-electron chi connectivity index (χ1n) is 6.60. The lowest BCUT2D eigenvalue weighted by Crippen LogP contribution is -2.37. The highest BCUT2D eigenvalue weighted by atomic mass is 16.5. The lowest BCUT2D eigenvalue weighted by molar-refractivity contribution is -0.135. The molecule has 3 unspecified atom stereocenters. The Morgan fingerprint density at radius 3 is 2.69 bits per heavy atom. The van der Waals surface area contributed by atoms with Gasteiger partial charge in [0.15, 0.2) is 0 Å². The zero-order chi connectivity index (χ0) is 11.1. The maximum absolute atomic E-state index is 12.2. The molecule has 90 valence electrons. The number of carbonyl (C=O) groups excluding carboxylic acids is 1. The van der Waals surface area contributed by atoms with Crippen LogP contribution in [0.15, 0.2) is 0 Å². The van der Waals surface area contributed by atoms with Crippen molar-refractivity contribution in [2.24, 2.45) is 17.8 Å². The Kier molecular flexibility index (Phi) is 2.66. The van der Waals surface area contributed by atoms with Crippen molar-refractivity contribution in [2.75, 3.05) is 20.2 Å². The van der Waals surface area contributed by atoms with Gasteiger partial charge in [0.1, 0.15) is 0 Å². The van der Waals surface area contributed by atoms with Gasteiger partial charge in [-0.15, -0.1) is 0 Å². The lowest BCUT2D eigenvalue weighted by atomic mass is 10.0. The molecule has 1 aliphatic heterocycles. The zero-order valence-corrected chi connectivity index (χ0v) is 10.0. The predicted octanol–water partition coefficient (Wildman–Crippen LogP) is 1.67. The van der Waals surface area contributed by atoms with Crippen LogP contribution in [0.4, 0.5) is 0 Å². The summed E-state index contributed by atoms with van der Waals surface area (Å²) in [5.74, 6) is 2.48.